The first-order valence-corrected chi connectivity index (χ1v) is 7.65. The molecule has 0 saturated heterocycles. The summed E-state index contributed by atoms with van der Waals surface area (Å²) >= 11 is 0. The Morgan fingerprint density at radius 3 is 2.74 bits per heavy atom. The Hall–Kier alpha value is -0.610. The fraction of sp³-hybridized carbons (Fsp3) is 0.933. The minimum atomic E-state index is 0.0200. The number of hydrogen-bond acceptors (Lipinski definition) is 3. The van der Waals surface area contributed by atoms with Crippen molar-refractivity contribution in [2.75, 3.05) is 20.1 Å². The highest BCUT2D eigenvalue weighted by molar-refractivity contribution is 5.79. The average molecular weight is 269 g/mol. The van der Waals surface area contributed by atoms with Gasteiger partial charge in [-0.3, -0.25) is 4.79 Å². The van der Waals surface area contributed by atoms with Gasteiger partial charge in [-0.1, -0.05) is 6.92 Å². The lowest BCUT2D eigenvalue weighted by Crippen LogP contribution is -2.45. The zero-order valence-electron chi connectivity index (χ0n) is 13.0. The molecule has 0 aliphatic heterocycles. The van der Waals surface area contributed by atoms with Crippen LogP contribution in [0.1, 0.15) is 46.5 Å². The predicted octanol–water partition coefficient (Wildman–Crippen LogP) is 1.60. The van der Waals surface area contributed by atoms with Crippen LogP contribution < -0.4 is 11.1 Å². The summed E-state index contributed by atoms with van der Waals surface area (Å²) in [6.45, 7) is 8.35. The van der Waals surface area contributed by atoms with E-state index in [1.54, 1.807) is 0 Å². The summed E-state index contributed by atoms with van der Waals surface area (Å²) in [5, 5.41) is 3.05. The highest BCUT2D eigenvalue weighted by atomic mass is 16.1. The van der Waals surface area contributed by atoms with Crippen molar-refractivity contribution in [1.82, 2.24) is 10.2 Å². The zero-order valence-corrected chi connectivity index (χ0v) is 13.0. The van der Waals surface area contributed by atoms with E-state index in [9.17, 15) is 4.79 Å². The number of amides is 1. The van der Waals surface area contributed by atoms with Gasteiger partial charge in [0.05, 0.1) is 5.92 Å². The summed E-state index contributed by atoms with van der Waals surface area (Å²) < 4.78 is 0. The molecule has 0 radical (unpaired) electrons. The van der Waals surface area contributed by atoms with E-state index in [0.717, 1.165) is 38.8 Å². The second-order valence-electron chi connectivity index (χ2n) is 6.41. The van der Waals surface area contributed by atoms with Crippen molar-refractivity contribution in [3.63, 3.8) is 0 Å². The number of rotatable bonds is 6. The van der Waals surface area contributed by atoms with Gasteiger partial charge in [-0.2, -0.15) is 0 Å². The molecule has 1 saturated carbocycles. The second-order valence-corrected chi connectivity index (χ2v) is 6.41. The Bertz CT molecular complexity index is 281. The standard InChI is InChI=1S/C15H31N3O/c1-11(2)18(4)9-5-8-17-15(19)13-10-12(3)6-7-14(13)16/h11-14H,5-10,16H2,1-4H3,(H,17,19). The van der Waals surface area contributed by atoms with Crippen molar-refractivity contribution < 1.29 is 4.79 Å². The van der Waals surface area contributed by atoms with Crippen LogP contribution in [0.4, 0.5) is 0 Å². The molecule has 112 valence electrons. The smallest absolute Gasteiger partial charge is 0.224 e. The summed E-state index contributed by atoms with van der Waals surface area (Å²) in [5.74, 6) is 0.806. The molecule has 0 heterocycles. The maximum absolute atomic E-state index is 12.1. The lowest BCUT2D eigenvalue weighted by molar-refractivity contribution is -0.126. The summed E-state index contributed by atoms with van der Waals surface area (Å²) in [5.41, 5.74) is 6.07. The van der Waals surface area contributed by atoms with Crippen LogP contribution in [0.5, 0.6) is 0 Å². The molecule has 19 heavy (non-hydrogen) atoms. The summed E-state index contributed by atoms with van der Waals surface area (Å²) in [6, 6.07) is 0.609. The monoisotopic (exact) mass is 269 g/mol. The SMILES string of the molecule is CC1CCC(N)C(C(=O)NCCCN(C)C(C)C)C1. The van der Waals surface area contributed by atoms with Crippen molar-refractivity contribution in [3.05, 3.63) is 0 Å². The maximum atomic E-state index is 12.1. The van der Waals surface area contributed by atoms with Crippen LogP contribution in [-0.4, -0.2) is 43.0 Å². The quantitative estimate of drug-likeness (QED) is 0.720. The lowest BCUT2D eigenvalue weighted by atomic mass is 9.79. The summed E-state index contributed by atoms with van der Waals surface area (Å²) in [7, 11) is 2.12. The highest BCUT2D eigenvalue weighted by Gasteiger charge is 2.31. The van der Waals surface area contributed by atoms with Gasteiger partial charge in [-0.05, 0) is 59.0 Å². The molecule has 3 atom stereocenters. The Morgan fingerprint density at radius 1 is 1.42 bits per heavy atom. The van der Waals surface area contributed by atoms with Crippen molar-refractivity contribution >= 4 is 5.91 Å². The first-order valence-electron chi connectivity index (χ1n) is 7.65. The molecule has 0 aromatic rings. The van der Waals surface area contributed by atoms with Crippen LogP contribution in [0.15, 0.2) is 0 Å². The summed E-state index contributed by atoms with van der Waals surface area (Å²) in [4.78, 5) is 14.4. The lowest BCUT2D eigenvalue weighted by Gasteiger charge is -2.31. The first kappa shape index (κ1) is 16.4. The van der Waals surface area contributed by atoms with Crippen molar-refractivity contribution in [3.8, 4) is 0 Å². The van der Waals surface area contributed by atoms with E-state index in [0.29, 0.717) is 12.0 Å². The number of nitrogens with two attached hydrogens (primary N) is 1. The third-order valence-electron chi connectivity index (χ3n) is 4.37. The molecule has 1 fully saturated rings. The van der Waals surface area contributed by atoms with Crippen LogP contribution in [0.3, 0.4) is 0 Å². The van der Waals surface area contributed by atoms with E-state index >= 15 is 0 Å². The molecule has 0 spiro atoms. The van der Waals surface area contributed by atoms with E-state index in [-0.39, 0.29) is 17.9 Å². The van der Waals surface area contributed by atoms with Gasteiger partial charge < -0.3 is 16.0 Å². The van der Waals surface area contributed by atoms with Crippen LogP contribution in [0.25, 0.3) is 0 Å². The molecule has 0 aromatic carbocycles. The maximum Gasteiger partial charge on any atom is 0.224 e. The molecular formula is C15H31N3O. The fourth-order valence-electron chi connectivity index (χ4n) is 2.64. The van der Waals surface area contributed by atoms with Crippen LogP contribution in [-0.2, 0) is 4.79 Å². The number of carbonyl (C=O) groups is 1. The van der Waals surface area contributed by atoms with E-state index in [4.69, 9.17) is 5.73 Å². The molecule has 1 amide bonds. The fourth-order valence-corrected chi connectivity index (χ4v) is 2.64. The first-order chi connectivity index (χ1) is 8.91. The van der Waals surface area contributed by atoms with Gasteiger partial charge in [0.15, 0.2) is 0 Å². The van der Waals surface area contributed by atoms with Crippen molar-refractivity contribution in [2.45, 2.75) is 58.5 Å². The highest BCUT2D eigenvalue weighted by Crippen LogP contribution is 2.27. The van der Waals surface area contributed by atoms with Gasteiger partial charge in [0.25, 0.3) is 0 Å². The van der Waals surface area contributed by atoms with E-state index < -0.39 is 0 Å². The molecule has 0 aromatic heterocycles. The van der Waals surface area contributed by atoms with E-state index in [2.05, 4.69) is 38.0 Å². The molecular weight excluding hydrogens is 238 g/mol. The molecule has 4 heteroatoms. The Morgan fingerprint density at radius 2 is 2.11 bits per heavy atom. The van der Waals surface area contributed by atoms with Crippen molar-refractivity contribution in [1.29, 1.82) is 0 Å². The molecule has 4 nitrogen and oxygen atoms in total. The van der Waals surface area contributed by atoms with Crippen LogP contribution >= 0.6 is 0 Å². The number of carbonyl (C=O) groups excluding carboxylic acids is 1. The molecule has 3 N–H and O–H groups in total. The van der Waals surface area contributed by atoms with Gasteiger partial charge >= 0.3 is 0 Å². The third-order valence-corrected chi connectivity index (χ3v) is 4.37. The minimum Gasteiger partial charge on any atom is -0.356 e. The second kappa shape index (κ2) is 7.85. The molecule has 0 bridgehead atoms. The van der Waals surface area contributed by atoms with Crippen LogP contribution in [0.2, 0.25) is 0 Å². The average Bonchev–Trinajstić information content (AvgIpc) is 2.36. The predicted molar refractivity (Wildman–Crippen MR) is 79.9 cm³/mol. The Balaban J connectivity index is 2.23. The molecule has 1 aliphatic carbocycles. The number of nitrogens with one attached hydrogen (secondary N) is 1. The molecule has 1 aliphatic rings. The third kappa shape index (κ3) is 5.49. The van der Waals surface area contributed by atoms with Gasteiger partial charge in [-0.25, -0.2) is 0 Å². The Labute approximate surface area is 118 Å². The van der Waals surface area contributed by atoms with Crippen molar-refractivity contribution in [2.24, 2.45) is 17.6 Å². The molecule has 3 unspecified atom stereocenters. The van der Waals surface area contributed by atoms with Gasteiger partial charge in [-0.15, -0.1) is 0 Å². The van der Waals surface area contributed by atoms with Gasteiger partial charge in [0.2, 0.25) is 5.91 Å². The van der Waals surface area contributed by atoms with Gasteiger partial charge in [0.1, 0.15) is 0 Å². The molecule has 1 rings (SSSR count). The number of hydrogen-bond donors (Lipinski definition) is 2. The van der Waals surface area contributed by atoms with E-state index in [1.807, 2.05) is 0 Å². The van der Waals surface area contributed by atoms with Crippen LogP contribution in [0, 0.1) is 11.8 Å². The normalized spacial score (nSPS) is 27.8. The number of nitrogens with zero attached hydrogens (tertiary/aromatic N) is 1. The topological polar surface area (TPSA) is 58.4 Å². The minimum absolute atomic E-state index is 0.0200. The summed E-state index contributed by atoms with van der Waals surface area (Å²) in [6.07, 6.45) is 4.08. The largest absolute Gasteiger partial charge is 0.356 e. The van der Waals surface area contributed by atoms with E-state index in [1.165, 1.54) is 0 Å². The zero-order chi connectivity index (χ0) is 14.4. The van der Waals surface area contributed by atoms with Gasteiger partial charge in [0, 0.05) is 18.6 Å². The Kier molecular flexibility index (Phi) is 6.80.